The molecule has 6 nitrogen and oxygen atoms in total. The number of aromatic nitrogens is 4. The summed E-state index contributed by atoms with van der Waals surface area (Å²) in [6.45, 7) is 1.80. The lowest BCUT2D eigenvalue weighted by Crippen LogP contribution is -2.15. The van der Waals surface area contributed by atoms with E-state index in [0.29, 0.717) is 28.2 Å². The highest BCUT2D eigenvalue weighted by molar-refractivity contribution is 6.11. The van der Waals surface area contributed by atoms with Crippen LogP contribution in [0.3, 0.4) is 0 Å². The van der Waals surface area contributed by atoms with Crippen LogP contribution < -0.4 is 5.32 Å². The van der Waals surface area contributed by atoms with E-state index in [9.17, 15) is 9.18 Å². The molecule has 1 aromatic carbocycles. The van der Waals surface area contributed by atoms with Crippen molar-refractivity contribution in [1.82, 2.24) is 19.7 Å². The molecule has 0 radical (unpaired) electrons. The first-order valence-corrected chi connectivity index (χ1v) is 7.80. The summed E-state index contributed by atoms with van der Waals surface area (Å²) in [5, 5.41) is 7.30. The highest BCUT2D eigenvalue weighted by Crippen LogP contribution is 2.40. The largest absolute Gasteiger partial charge is 0.289 e. The van der Waals surface area contributed by atoms with Crippen LogP contribution >= 0.6 is 0 Å². The first kappa shape index (κ1) is 14.7. The molecule has 0 saturated heterocycles. The van der Waals surface area contributed by atoms with E-state index in [4.69, 9.17) is 0 Å². The molecule has 0 atom stereocenters. The van der Waals surface area contributed by atoms with Crippen LogP contribution in [0.25, 0.3) is 10.9 Å². The lowest BCUT2D eigenvalue weighted by Gasteiger charge is -2.09. The lowest BCUT2D eigenvalue weighted by molar-refractivity contribution is 0.102. The number of halogens is 1. The molecule has 1 fully saturated rings. The van der Waals surface area contributed by atoms with Crippen LogP contribution in [-0.2, 0) is 7.05 Å². The molecule has 4 rings (SSSR count). The molecule has 1 amide bonds. The number of carbonyl (C=O) groups is 1. The zero-order valence-electron chi connectivity index (χ0n) is 13.4. The van der Waals surface area contributed by atoms with Crippen molar-refractivity contribution >= 4 is 22.8 Å². The zero-order chi connectivity index (χ0) is 16.8. The first-order valence-electron chi connectivity index (χ1n) is 7.80. The minimum Gasteiger partial charge on any atom is -0.289 e. The number of nitrogens with one attached hydrogen (secondary N) is 1. The molecule has 1 saturated carbocycles. The van der Waals surface area contributed by atoms with Gasteiger partial charge in [0.05, 0.1) is 11.1 Å². The van der Waals surface area contributed by atoms with E-state index in [0.717, 1.165) is 18.5 Å². The van der Waals surface area contributed by atoms with Crippen molar-refractivity contribution in [3.63, 3.8) is 0 Å². The van der Waals surface area contributed by atoms with Crippen molar-refractivity contribution in [2.75, 3.05) is 5.32 Å². The molecule has 7 heteroatoms. The fourth-order valence-electron chi connectivity index (χ4n) is 2.68. The second kappa shape index (κ2) is 5.36. The number of aryl methyl sites for hydroxylation is 2. The van der Waals surface area contributed by atoms with Gasteiger partial charge < -0.3 is 0 Å². The van der Waals surface area contributed by atoms with Gasteiger partial charge in [0.15, 0.2) is 0 Å². The Labute approximate surface area is 137 Å². The highest BCUT2D eigenvalue weighted by atomic mass is 19.1. The van der Waals surface area contributed by atoms with Gasteiger partial charge in [0, 0.05) is 24.0 Å². The van der Waals surface area contributed by atoms with Gasteiger partial charge >= 0.3 is 0 Å². The molecule has 1 aliphatic carbocycles. The molecule has 122 valence electrons. The summed E-state index contributed by atoms with van der Waals surface area (Å²) in [5.74, 6) is 0.551. The van der Waals surface area contributed by atoms with Gasteiger partial charge in [-0.3, -0.25) is 19.8 Å². The molecular weight excluding hydrogens is 309 g/mol. The van der Waals surface area contributed by atoms with Gasteiger partial charge in [-0.25, -0.2) is 4.39 Å². The summed E-state index contributed by atoms with van der Waals surface area (Å²) in [5.41, 5.74) is 1.90. The van der Waals surface area contributed by atoms with Gasteiger partial charge in [0.1, 0.15) is 11.6 Å². The normalized spacial score (nSPS) is 14.1. The number of rotatable bonds is 3. The van der Waals surface area contributed by atoms with Crippen molar-refractivity contribution in [2.24, 2.45) is 7.05 Å². The molecule has 0 bridgehead atoms. The summed E-state index contributed by atoms with van der Waals surface area (Å²) in [6.07, 6.45) is 2.14. The van der Waals surface area contributed by atoms with E-state index in [-0.39, 0.29) is 11.9 Å². The quantitative estimate of drug-likeness (QED) is 0.803. The van der Waals surface area contributed by atoms with Crippen molar-refractivity contribution in [2.45, 2.75) is 25.7 Å². The first-order chi connectivity index (χ1) is 11.5. The van der Waals surface area contributed by atoms with E-state index in [2.05, 4.69) is 20.4 Å². The maximum atomic E-state index is 13.6. The van der Waals surface area contributed by atoms with E-state index in [1.807, 2.05) is 0 Å². The number of anilines is 1. The molecule has 0 unspecified atom stereocenters. The molecule has 2 aromatic heterocycles. The number of fused-ring (bicyclic) bond motifs is 1. The second-order valence-corrected chi connectivity index (χ2v) is 6.09. The Kier molecular flexibility index (Phi) is 3.30. The van der Waals surface area contributed by atoms with Crippen molar-refractivity contribution < 1.29 is 9.18 Å². The fraction of sp³-hybridized carbons (Fsp3) is 0.294. The highest BCUT2D eigenvalue weighted by Gasteiger charge is 2.27. The van der Waals surface area contributed by atoms with Crippen LogP contribution in [0, 0.1) is 12.7 Å². The Balaban J connectivity index is 1.78. The maximum Gasteiger partial charge on any atom is 0.258 e. The number of hydrogen-bond acceptors (Lipinski definition) is 4. The van der Waals surface area contributed by atoms with Crippen molar-refractivity contribution in [1.29, 1.82) is 0 Å². The van der Waals surface area contributed by atoms with Crippen LogP contribution in [0.4, 0.5) is 10.3 Å². The fourth-order valence-corrected chi connectivity index (χ4v) is 2.68. The van der Waals surface area contributed by atoms with Gasteiger partial charge in [0.25, 0.3) is 5.91 Å². The number of carbonyl (C=O) groups excluding carboxylic acids is 1. The number of nitrogens with zero attached hydrogens (tertiary/aromatic N) is 4. The average Bonchev–Trinajstić information content (AvgIpc) is 3.33. The summed E-state index contributed by atoms with van der Waals surface area (Å²) in [7, 11) is 1.75. The van der Waals surface area contributed by atoms with Crippen molar-refractivity contribution in [3.8, 4) is 0 Å². The summed E-state index contributed by atoms with van der Waals surface area (Å²) in [4.78, 5) is 21.4. The summed E-state index contributed by atoms with van der Waals surface area (Å²) in [6, 6.07) is 6.06. The molecule has 1 N–H and O–H groups in total. The molecule has 0 spiro atoms. The van der Waals surface area contributed by atoms with Gasteiger partial charge in [-0.1, -0.05) is 0 Å². The van der Waals surface area contributed by atoms with E-state index in [1.54, 1.807) is 30.8 Å². The Bertz CT molecular complexity index is 942. The molecular formula is C17H16FN5O. The van der Waals surface area contributed by atoms with Gasteiger partial charge in [-0.2, -0.15) is 4.98 Å². The van der Waals surface area contributed by atoms with Gasteiger partial charge in [0.2, 0.25) is 5.95 Å². The number of amides is 1. The maximum absolute atomic E-state index is 13.6. The monoisotopic (exact) mass is 325 g/mol. The topological polar surface area (TPSA) is 72.7 Å². The molecule has 0 aliphatic heterocycles. The second-order valence-electron chi connectivity index (χ2n) is 6.09. The number of benzene rings is 1. The van der Waals surface area contributed by atoms with Crippen LogP contribution in [0.1, 0.15) is 40.6 Å². The molecule has 24 heavy (non-hydrogen) atoms. The van der Waals surface area contributed by atoms with Gasteiger partial charge in [-0.15, -0.1) is 5.10 Å². The average molecular weight is 325 g/mol. The third-order valence-electron chi connectivity index (χ3n) is 4.24. The SMILES string of the molecule is Cc1nc(NC(=O)c2cc(C3CC3)nc3ccc(F)cc23)nn1C. The smallest absolute Gasteiger partial charge is 0.258 e. The van der Waals surface area contributed by atoms with E-state index < -0.39 is 5.82 Å². The number of pyridine rings is 1. The Morgan fingerprint density at radius 3 is 2.75 bits per heavy atom. The Morgan fingerprint density at radius 1 is 1.29 bits per heavy atom. The van der Waals surface area contributed by atoms with Gasteiger partial charge in [-0.05, 0) is 44.0 Å². The number of hydrogen-bond donors (Lipinski definition) is 1. The minimum absolute atomic E-state index is 0.231. The summed E-state index contributed by atoms with van der Waals surface area (Å²) >= 11 is 0. The van der Waals surface area contributed by atoms with E-state index in [1.165, 1.54) is 12.1 Å². The standard InChI is InChI=1S/C17H16FN5O/c1-9-19-17(22-23(9)2)21-16(24)13-8-15(10-3-4-10)20-14-6-5-11(18)7-12(13)14/h5-8,10H,3-4H2,1-2H3,(H,21,22,24). The van der Waals surface area contributed by atoms with Crippen LogP contribution in [-0.4, -0.2) is 25.7 Å². The van der Waals surface area contributed by atoms with Crippen LogP contribution in [0.5, 0.6) is 0 Å². The van der Waals surface area contributed by atoms with E-state index >= 15 is 0 Å². The molecule has 1 aliphatic rings. The van der Waals surface area contributed by atoms with Crippen LogP contribution in [0.15, 0.2) is 24.3 Å². The predicted octanol–water partition coefficient (Wildman–Crippen LogP) is 2.94. The lowest BCUT2D eigenvalue weighted by atomic mass is 10.1. The van der Waals surface area contributed by atoms with Crippen molar-refractivity contribution in [3.05, 3.63) is 47.2 Å². The molecule has 3 aromatic rings. The summed E-state index contributed by atoms with van der Waals surface area (Å²) < 4.78 is 15.2. The third kappa shape index (κ3) is 2.62. The predicted molar refractivity (Wildman–Crippen MR) is 87.4 cm³/mol. The molecule has 2 heterocycles. The third-order valence-corrected chi connectivity index (χ3v) is 4.24. The van der Waals surface area contributed by atoms with Crippen LogP contribution in [0.2, 0.25) is 0 Å². The Hall–Kier alpha value is -2.83. The minimum atomic E-state index is -0.399. The Morgan fingerprint density at radius 2 is 2.08 bits per heavy atom. The zero-order valence-corrected chi connectivity index (χ0v) is 13.4.